The van der Waals surface area contributed by atoms with E-state index in [1.54, 1.807) is 25.6 Å². The van der Waals surface area contributed by atoms with Crippen molar-refractivity contribution in [2.75, 3.05) is 14.2 Å². The van der Waals surface area contributed by atoms with E-state index < -0.39 is 0 Å². The van der Waals surface area contributed by atoms with Gasteiger partial charge in [-0.15, -0.1) is 0 Å². The maximum Gasteiger partial charge on any atom is 0.338 e. The minimum Gasteiger partial charge on any atom is -0.489 e. The van der Waals surface area contributed by atoms with Crippen LogP contribution < -0.4 is 4.74 Å². The van der Waals surface area contributed by atoms with Crippen molar-refractivity contribution in [2.45, 2.75) is 37.8 Å². The summed E-state index contributed by atoms with van der Waals surface area (Å²) in [6, 6.07) is 18.5. The number of fused-ring (bicyclic) bond motifs is 2. The molecule has 1 aliphatic carbocycles. The Morgan fingerprint density at radius 2 is 1.97 bits per heavy atom. The van der Waals surface area contributed by atoms with Gasteiger partial charge in [0.25, 0.3) is 0 Å². The molecular formula is C29H26O5S. The molecule has 2 heterocycles. The van der Waals surface area contributed by atoms with E-state index in [2.05, 4.69) is 47.2 Å². The molecule has 6 rings (SSSR count). The summed E-state index contributed by atoms with van der Waals surface area (Å²) >= 11 is 1.64. The average molecular weight is 487 g/mol. The molecule has 1 aromatic heterocycles. The van der Waals surface area contributed by atoms with Crippen molar-refractivity contribution in [3.63, 3.8) is 0 Å². The summed E-state index contributed by atoms with van der Waals surface area (Å²) in [5.74, 6) is 0.496. The Bertz CT molecular complexity index is 1400. The molecule has 6 heteroatoms. The minimum atomic E-state index is -0.285. The van der Waals surface area contributed by atoms with Crippen LogP contribution >= 0.6 is 11.3 Å². The number of hydrogen-bond donors (Lipinski definition) is 0. The number of thiophene rings is 1. The fourth-order valence-electron chi connectivity index (χ4n) is 5.28. The van der Waals surface area contributed by atoms with Crippen molar-refractivity contribution < 1.29 is 23.7 Å². The average Bonchev–Trinajstić information content (AvgIpc) is 3.52. The van der Waals surface area contributed by atoms with Gasteiger partial charge in [-0.05, 0) is 74.1 Å². The van der Waals surface area contributed by atoms with E-state index in [9.17, 15) is 4.79 Å². The van der Waals surface area contributed by atoms with Crippen molar-refractivity contribution >= 4 is 28.1 Å². The fourth-order valence-corrected chi connectivity index (χ4v) is 5.92. The number of cyclic esters (lactones) is 1. The molecule has 0 spiro atoms. The second-order valence-electron chi connectivity index (χ2n) is 9.20. The minimum absolute atomic E-state index is 0.241. The highest BCUT2D eigenvalue weighted by Crippen LogP contribution is 2.46. The molecule has 35 heavy (non-hydrogen) atoms. The van der Waals surface area contributed by atoms with Crippen molar-refractivity contribution in [1.29, 1.82) is 0 Å². The summed E-state index contributed by atoms with van der Waals surface area (Å²) in [6.07, 6.45) is 1.95. The molecule has 0 amide bonds. The molecule has 0 atom stereocenters. The molecule has 4 aromatic rings. The largest absolute Gasteiger partial charge is 0.489 e. The van der Waals surface area contributed by atoms with Gasteiger partial charge < -0.3 is 18.9 Å². The summed E-state index contributed by atoms with van der Waals surface area (Å²) in [7, 11) is 3.51. The number of methoxy groups -OCH3 is 2. The highest BCUT2D eigenvalue weighted by molar-refractivity contribution is 7.08. The summed E-state index contributed by atoms with van der Waals surface area (Å²) in [6.45, 7) is 0.759. The SMILES string of the molecule is COC1CC(OC)(c2cccc(COc3ccc4c(-c5ccsc5)c5c(cc4c3)C(=O)OC5)c2)C1. The third-order valence-electron chi connectivity index (χ3n) is 7.29. The van der Waals surface area contributed by atoms with Crippen LogP contribution in [0.4, 0.5) is 0 Å². The Morgan fingerprint density at radius 3 is 2.74 bits per heavy atom. The molecule has 0 unspecified atom stereocenters. The first kappa shape index (κ1) is 22.3. The molecular weight excluding hydrogens is 460 g/mol. The van der Waals surface area contributed by atoms with Crippen LogP contribution in [0.1, 0.15) is 39.9 Å². The molecule has 2 aliphatic rings. The Labute approximate surface area is 208 Å². The van der Waals surface area contributed by atoms with Crippen LogP contribution in [-0.4, -0.2) is 26.3 Å². The number of carbonyl (C=O) groups is 1. The van der Waals surface area contributed by atoms with Gasteiger partial charge in [-0.1, -0.05) is 24.3 Å². The first-order valence-electron chi connectivity index (χ1n) is 11.7. The molecule has 1 aliphatic heterocycles. The molecule has 178 valence electrons. The molecule has 0 radical (unpaired) electrons. The van der Waals surface area contributed by atoms with Gasteiger partial charge in [-0.3, -0.25) is 0 Å². The fraction of sp³-hybridized carbons (Fsp3) is 0.276. The van der Waals surface area contributed by atoms with Gasteiger partial charge in [0.2, 0.25) is 0 Å². The molecule has 5 nitrogen and oxygen atoms in total. The lowest BCUT2D eigenvalue weighted by atomic mass is 9.72. The van der Waals surface area contributed by atoms with Gasteiger partial charge in [0.1, 0.15) is 19.0 Å². The Kier molecular flexibility index (Phi) is 5.60. The van der Waals surface area contributed by atoms with Gasteiger partial charge in [0, 0.05) is 32.6 Å². The number of hydrogen-bond acceptors (Lipinski definition) is 6. The van der Waals surface area contributed by atoms with Crippen molar-refractivity contribution in [3.05, 3.63) is 87.6 Å². The zero-order valence-corrected chi connectivity index (χ0v) is 20.5. The van der Waals surface area contributed by atoms with Gasteiger partial charge >= 0.3 is 5.97 Å². The first-order valence-corrected chi connectivity index (χ1v) is 12.6. The van der Waals surface area contributed by atoms with E-state index in [1.165, 1.54) is 0 Å². The highest BCUT2D eigenvalue weighted by Gasteiger charge is 2.46. The van der Waals surface area contributed by atoms with E-state index in [-0.39, 0.29) is 17.7 Å². The molecule has 0 N–H and O–H groups in total. The number of carbonyl (C=O) groups excluding carboxylic acids is 1. The van der Waals surface area contributed by atoms with Crippen LogP contribution in [0.15, 0.2) is 65.4 Å². The van der Waals surface area contributed by atoms with Crippen LogP contribution in [0, 0.1) is 0 Å². The quantitative estimate of drug-likeness (QED) is 0.280. The third kappa shape index (κ3) is 3.82. The van der Waals surface area contributed by atoms with Crippen LogP contribution in [0.25, 0.3) is 21.9 Å². The monoisotopic (exact) mass is 486 g/mol. The smallest absolute Gasteiger partial charge is 0.338 e. The summed E-state index contributed by atoms with van der Waals surface area (Å²) in [5.41, 5.74) is 5.74. The molecule has 1 fully saturated rings. The summed E-state index contributed by atoms with van der Waals surface area (Å²) in [5, 5.41) is 6.22. The second-order valence-corrected chi connectivity index (χ2v) is 9.98. The normalized spacial score (nSPS) is 21.0. The number of benzene rings is 3. The third-order valence-corrected chi connectivity index (χ3v) is 7.98. The highest BCUT2D eigenvalue weighted by atomic mass is 32.1. The second kappa shape index (κ2) is 8.79. The van der Waals surface area contributed by atoms with Crippen molar-refractivity contribution in [1.82, 2.24) is 0 Å². The summed E-state index contributed by atoms with van der Waals surface area (Å²) < 4.78 is 22.9. The van der Waals surface area contributed by atoms with E-state index in [0.29, 0.717) is 18.8 Å². The van der Waals surface area contributed by atoms with E-state index in [4.69, 9.17) is 18.9 Å². The van der Waals surface area contributed by atoms with Crippen molar-refractivity contribution in [2.24, 2.45) is 0 Å². The first-order chi connectivity index (χ1) is 17.1. The lowest BCUT2D eigenvalue weighted by Gasteiger charge is -2.46. The zero-order chi connectivity index (χ0) is 24.0. The lowest BCUT2D eigenvalue weighted by molar-refractivity contribution is -0.154. The predicted octanol–water partition coefficient (Wildman–Crippen LogP) is 6.47. The van der Waals surface area contributed by atoms with Crippen LogP contribution in [-0.2, 0) is 33.0 Å². The van der Waals surface area contributed by atoms with E-state index >= 15 is 0 Å². The van der Waals surface area contributed by atoms with Gasteiger partial charge in [-0.25, -0.2) is 4.79 Å². The Morgan fingerprint density at radius 1 is 1.09 bits per heavy atom. The van der Waals surface area contributed by atoms with Crippen LogP contribution in [0.2, 0.25) is 0 Å². The van der Waals surface area contributed by atoms with E-state index in [1.807, 2.05) is 18.2 Å². The number of ether oxygens (including phenoxy) is 4. The topological polar surface area (TPSA) is 54.0 Å². The Balaban J connectivity index is 1.28. The predicted molar refractivity (Wildman–Crippen MR) is 136 cm³/mol. The van der Waals surface area contributed by atoms with Gasteiger partial charge in [0.15, 0.2) is 0 Å². The molecule has 0 saturated heterocycles. The molecule has 1 saturated carbocycles. The van der Waals surface area contributed by atoms with Gasteiger partial charge in [0.05, 0.1) is 17.3 Å². The molecule has 0 bridgehead atoms. The summed E-state index contributed by atoms with van der Waals surface area (Å²) in [4.78, 5) is 12.4. The Hall–Kier alpha value is -3.19. The van der Waals surface area contributed by atoms with Gasteiger partial charge in [-0.2, -0.15) is 11.3 Å². The van der Waals surface area contributed by atoms with Crippen LogP contribution in [0.5, 0.6) is 5.75 Å². The van der Waals surface area contributed by atoms with Crippen molar-refractivity contribution in [3.8, 4) is 16.9 Å². The number of rotatable bonds is 7. The number of esters is 1. The van der Waals surface area contributed by atoms with Crippen LogP contribution in [0.3, 0.4) is 0 Å². The molecule has 3 aromatic carbocycles. The lowest BCUT2D eigenvalue weighted by Crippen LogP contribution is -2.47. The maximum absolute atomic E-state index is 12.4. The standard InChI is InChI=1S/C29H26O5S/c1-31-23-13-29(14-23,32-2)21-5-3-4-18(10-21)15-33-22-6-7-24-20(11-22)12-25-26(16-34-28(25)30)27(24)19-8-9-35-17-19/h3-12,17,23H,13-16H2,1-2H3. The zero-order valence-electron chi connectivity index (χ0n) is 19.7. The van der Waals surface area contributed by atoms with E-state index in [0.717, 1.165) is 57.2 Å². The maximum atomic E-state index is 12.4.